The van der Waals surface area contributed by atoms with Crippen LogP contribution in [0.25, 0.3) is 0 Å². The van der Waals surface area contributed by atoms with Crippen LogP contribution in [0.5, 0.6) is 0 Å². The second-order valence-corrected chi connectivity index (χ2v) is 28.8. The first-order valence-corrected chi connectivity index (χ1v) is 37.7. The molecule has 0 spiro atoms. The number of carbonyl (C=O) groups is 4. The molecule has 0 aromatic carbocycles. The summed E-state index contributed by atoms with van der Waals surface area (Å²) in [6.07, 6.45) is 37.6. The summed E-state index contributed by atoms with van der Waals surface area (Å²) in [5.41, 5.74) is 0. The number of hydrogen-bond acceptors (Lipinski definition) is 15. The fourth-order valence-corrected chi connectivity index (χ4v) is 11.5. The van der Waals surface area contributed by atoms with Gasteiger partial charge in [-0.25, -0.2) is 9.13 Å². The smallest absolute Gasteiger partial charge is 0.462 e. The molecule has 17 nitrogen and oxygen atoms in total. The summed E-state index contributed by atoms with van der Waals surface area (Å²) < 4.78 is 68.1. The van der Waals surface area contributed by atoms with E-state index in [1.54, 1.807) is 0 Å². The van der Waals surface area contributed by atoms with E-state index in [-0.39, 0.29) is 25.7 Å². The highest BCUT2D eigenvalue weighted by molar-refractivity contribution is 7.47. The maximum Gasteiger partial charge on any atom is 0.472 e. The Bertz CT molecular complexity index is 1720. The lowest BCUT2D eigenvalue weighted by Crippen LogP contribution is -2.30. The van der Waals surface area contributed by atoms with E-state index in [2.05, 4.69) is 55.4 Å². The van der Waals surface area contributed by atoms with Crippen LogP contribution in [0, 0.1) is 23.7 Å². The summed E-state index contributed by atoms with van der Waals surface area (Å²) in [6.45, 7) is 14.0. The number of esters is 4. The van der Waals surface area contributed by atoms with Crippen LogP contribution in [-0.4, -0.2) is 96.7 Å². The zero-order chi connectivity index (χ0) is 63.9. The van der Waals surface area contributed by atoms with Crippen molar-refractivity contribution in [3.8, 4) is 0 Å². The lowest BCUT2D eigenvalue weighted by molar-refractivity contribution is -0.161. The van der Waals surface area contributed by atoms with Crippen molar-refractivity contribution in [1.29, 1.82) is 0 Å². The molecule has 0 aliphatic carbocycles. The predicted octanol–water partition coefficient (Wildman–Crippen LogP) is 18.5. The molecular formula is C67H130O17P2. The number of aliphatic hydroxyl groups excluding tert-OH is 1. The predicted molar refractivity (Wildman–Crippen MR) is 344 cm³/mol. The third-order valence-electron chi connectivity index (χ3n) is 15.7. The first-order valence-electron chi connectivity index (χ1n) is 34.7. The molecule has 0 bridgehead atoms. The van der Waals surface area contributed by atoms with Gasteiger partial charge in [0, 0.05) is 25.7 Å². The molecule has 510 valence electrons. The number of carbonyl (C=O) groups excluding carboxylic acids is 4. The summed E-state index contributed by atoms with van der Waals surface area (Å²) >= 11 is 0. The van der Waals surface area contributed by atoms with E-state index in [1.807, 2.05) is 0 Å². The Kier molecular flexibility index (Phi) is 55.7. The van der Waals surface area contributed by atoms with Crippen molar-refractivity contribution in [1.82, 2.24) is 0 Å². The highest BCUT2D eigenvalue weighted by atomic mass is 31.2. The Balaban J connectivity index is 5.26. The van der Waals surface area contributed by atoms with Gasteiger partial charge in [0.1, 0.15) is 19.3 Å². The fourth-order valence-electron chi connectivity index (χ4n) is 9.93. The Morgan fingerprint density at radius 3 is 0.826 bits per heavy atom. The summed E-state index contributed by atoms with van der Waals surface area (Å²) in [5, 5.41) is 10.6. The number of hydrogen-bond donors (Lipinski definition) is 3. The number of ether oxygens (including phenoxy) is 4. The van der Waals surface area contributed by atoms with Gasteiger partial charge >= 0.3 is 39.5 Å². The fraction of sp³-hybridized carbons (Fsp3) is 0.940. The van der Waals surface area contributed by atoms with Crippen molar-refractivity contribution in [3.63, 3.8) is 0 Å². The second kappa shape index (κ2) is 57.0. The number of aliphatic hydroxyl groups is 1. The molecule has 0 rings (SSSR count). The van der Waals surface area contributed by atoms with Gasteiger partial charge < -0.3 is 33.8 Å². The molecule has 0 aliphatic rings. The zero-order valence-corrected chi connectivity index (χ0v) is 57.7. The van der Waals surface area contributed by atoms with Crippen LogP contribution in [0.4, 0.5) is 0 Å². The first-order chi connectivity index (χ1) is 41.1. The average molecular weight is 1270 g/mol. The topological polar surface area (TPSA) is 237 Å². The molecule has 0 aliphatic heterocycles. The van der Waals surface area contributed by atoms with Crippen LogP contribution in [-0.2, 0) is 65.4 Å². The van der Waals surface area contributed by atoms with E-state index in [0.717, 1.165) is 114 Å². The van der Waals surface area contributed by atoms with Gasteiger partial charge in [-0.3, -0.25) is 37.3 Å². The molecule has 0 amide bonds. The highest BCUT2D eigenvalue weighted by Crippen LogP contribution is 2.45. The minimum Gasteiger partial charge on any atom is -0.462 e. The largest absolute Gasteiger partial charge is 0.472 e. The number of phosphoric ester groups is 2. The lowest BCUT2D eigenvalue weighted by Gasteiger charge is -2.21. The van der Waals surface area contributed by atoms with Crippen molar-refractivity contribution in [3.05, 3.63) is 0 Å². The van der Waals surface area contributed by atoms with Gasteiger partial charge in [0.2, 0.25) is 0 Å². The quantitative estimate of drug-likeness (QED) is 0.0222. The molecule has 0 radical (unpaired) electrons. The van der Waals surface area contributed by atoms with Crippen LogP contribution < -0.4 is 0 Å². The lowest BCUT2D eigenvalue weighted by atomic mass is 9.99. The van der Waals surface area contributed by atoms with E-state index >= 15 is 0 Å². The van der Waals surface area contributed by atoms with Gasteiger partial charge in [0.15, 0.2) is 12.2 Å². The highest BCUT2D eigenvalue weighted by Gasteiger charge is 2.30. The molecule has 3 unspecified atom stereocenters. The molecule has 0 aromatic rings. The van der Waals surface area contributed by atoms with E-state index in [9.17, 15) is 43.2 Å². The third kappa shape index (κ3) is 59.7. The molecule has 19 heteroatoms. The average Bonchev–Trinajstić information content (AvgIpc) is 3.68. The normalized spacial score (nSPS) is 14.7. The van der Waals surface area contributed by atoms with Gasteiger partial charge in [-0.1, -0.05) is 274 Å². The Labute approximate surface area is 524 Å². The number of phosphoric acid groups is 2. The maximum absolute atomic E-state index is 13.0. The van der Waals surface area contributed by atoms with Crippen molar-refractivity contribution in [2.75, 3.05) is 39.6 Å². The van der Waals surface area contributed by atoms with Crippen molar-refractivity contribution in [2.45, 2.75) is 343 Å². The molecule has 0 fully saturated rings. The van der Waals surface area contributed by atoms with Gasteiger partial charge in [0.05, 0.1) is 26.4 Å². The van der Waals surface area contributed by atoms with Gasteiger partial charge in [-0.15, -0.1) is 0 Å². The van der Waals surface area contributed by atoms with E-state index in [4.69, 9.17) is 37.0 Å². The summed E-state index contributed by atoms with van der Waals surface area (Å²) in [7, 11) is -9.90. The van der Waals surface area contributed by atoms with Crippen LogP contribution in [0.3, 0.4) is 0 Å². The second-order valence-electron chi connectivity index (χ2n) is 25.9. The Morgan fingerprint density at radius 2 is 0.558 bits per heavy atom. The van der Waals surface area contributed by atoms with Crippen molar-refractivity contribution in [2.24, 2.45) is 23.7 Å². The van der Waals surface area contributed by atoms with Crippen LogP contribution >= 0.6 is 15.6 Å². The summed E-state index contributed by atoms with van der Waals surface area (Å²) in [4.78, 5) is 72.4. The van der Waals surface area contributed by atoms with E-state index in [1.165, 1.54) is 122 Å². The summed E-state index contributed by atoms with van der Waals surface area (Å²) in [5.74, 6) is 0.809. The molecule has 0 heterocycles. The minimum atomic E-state index is -4.95. The minimum absolute atomic E-state index is 0.104. The summed E-state index contributed by atoms with van der Waals surface area (Å²) in [6, 6.07) is 0. The Hall–Kier alpha value is -1.94. The number of rotatable bonds is 64. The van der Waals surface area contributed by atoms with E-state index < -0.39 is 97.5 Å². The van der Waals surface area contributed by atoms with Gasteiger partial charge in [0.25, 0.3) is 0 Å². The molecule has 6 atom stereocenters. The van der Waals surface area contributed by atoms with Crippen LogP contribution in [0.2, 0.25) is 0 Å². The van der Waals surface area contributed by atoms with Crippen LogP contribution in [0.15, 0.2) is 0 Å². The van der Waals surface area contributed by atoms with Gasteiger partial charge in [-0.2, -0.15) is 0 Å². The van der Waals surface area contributed by atoms with Gasteiger partial charge in [-0.05, 0) is 49.4 Å². The molecular weight excluding hydrogens is 1140 g/mol. The van der Waals surface area contributed by atoms with Crippen molar-refractivity contribution < 1.29 is 80.2 Å². The third-order valence-corrected chi connectivity index (χ3v) is 17.6. The maximum atomic E-state index is 13.0. The molecule has 0 saturated heterocycles. The van der Waals surface area contributed by atoms with E-state index in [0.29, 0.717) is 31.6 Å². The Morgan fingerprint density at radius 1 is 0.326 bits per heavy atom. The zero-order valence-electron chi connectivity index (χ0n) is 55.9. The standard InChI is InChI=1S/C67H130O17P2/c1-9-60(8)46-38-30-21-17-18-22-31-39-47-64(69)77-53-62(83-67(72)50-42-34-24-16-12-14-20-28-36-44-58(4)5)55-81-85(73,74)79-51-61(68)52-80-86(75,76)82-56-63(54-78-65(70)48-40-32-26-25-29-37-45-59(6)7)84-66(71)49-41-33-23-15-11-10-13-19-27-35-43-57(2)3/h57-63,68H,9-56H2,1-8H3,(H,73,74)(H,75,76)/t60?,61-,62-,63-/m1/s1. The number of unbranched alkanes of at least 4 members (excludes halogenated alkanes) is 29. The molecule has 0 saturated carbocycles. The molecule has 3 N–H and O–H groups in total. The molecule has 86 heavy (non-hydrogen) atoms. The SMILES string of the molecule is CCC(C)CCCCCCCCCCC(=O)OC[C@H](COP(=O)(O)OC[C@@H](O)COP(=O)(O)OC[C@@H](COC(=O)CCCCCCCCC(C)C)OC(=O)CCCCCCCCCCCCC(C)C)OC(=O)CCCCCCCCCCCC(C)C. The van der Waals surface area contributed by atoms with Crippen molar-refractivity contribution >= 4 is 39.5 Å². The molecule has 0 aromatic heterocycles. The first kappa shape index (κ1) is 84.1. The van der Waals surface area contributed by atoms with Crippen LogP contribution in [0.1, 0.15) is 325 Å². The monoisotopic (exact) mass is 1270 g/mol.